The summed E-state index contributed by atoms with van der Waals surface area (Å²) in [6.07, 6.45) is 2.48. The van der Waals surface area contributed by atoms with Crippen LogP contribution in [0.25, 0.3) is 0 Å². The molecule has 0 bridgehead atoms. The van der Waals surface area contributed by atoms with E-state index in [4.69, 9.17) is 0 Å². The molecule has 1 fully saturated rings. The summed E-state index contributed by atoms with van der Waals surface area (Å²) in [4.78, 5) is 22.8. The minimum atomic E-state index is -0.627. The Labute approximate surface area is 137 Å². The standard InChI is InChI=1S/C13H9BrFN3O3S/c1-21-11(19)5-10-12(20)17-13(22-10)18-16-6-7-2-3-8(15)4-9(7)14/h2-6H,1H3,(H,17,18,20)/b10-5+,16-6?. The molecule has 0 saturated carbocycles. The number of amides is 1. The molecule has 1 aliphatic rings. The first kappa shape index (κ1) is 16.4. The third-order valence-electron chi connectivity index (χ3n) is 2.41. The number of halogens is 2. The molecule has 0 radical (unpaired) electrons. The Kier molecular flexibility index (Phi) is 5.45. The summed E-state index contributed by atoms with van der Waals surface area (Å²) in [7, 11) is 1.22. The zero-order valence-corrected chi connectivity index (χ0v) is 13.6. The van der Waals surface area contributed by atoms with Crippen molar-refractivity contribution in [3.63, 3.8) is 0 Å². The lowest BCUT2D eigenvalue weighted by molar-refractivity contribution is -0.135. The van der Waals surface area contributed by atoms with Crippen LogP contribution in [-0.4, -0.2) is 30.4 Å². The maximum Gasteiger partial charge on any atom is 0.331 e. The molecule has 1 amide bonds. The molecular weight excluding hydrogens is 377 g/mol. The molecule has 22 heavy (non-hydrogen) atoms. The first-order valence-corrected chi connectivity index (χ1v) is 7.45. The van der Waals surface area contributed by atoms with Gasteiger partial charge in [-0.05, 0) is 30.0 Å². The van der Waals surface area contributed by atoms with Crippen LogP contribution >= 0.6 is 27.7 Å². The van der Waals surface area contributed by atoms with Gasteiger partial charge in [-0.1, -0.05) is 15.9 Å². The number of nitrogens with zero attached hydrogens (tertiary/aromatic N) is 2. The molecular formula is C13H9BrFN3O3S. The van der Waals surface area contributed by atoms with Crippen molar-refractivity contribution >= 4 is 51.0 Å². The number of ether oxygens (including phenoxy) is 1. The monoisotopic (exact) mass is 385 g/mol. The highest BCUT2D eigenvalue weighted by Crippen LogP contribution is 2.23. The Hall–Kier alpha value is -2.00. The van der Waals surface area contributed by atoms with E-state index in [0.29, 0.717) is 10.0 Å². The Morgan fingerprint density at radius 3 is 2.95 bits per heavy atom. The van der Waals surface area contributed by atoms with Crippen LogP contribution in [-0.2, 0) is 14.3 Å². The van der Waals surface area contributed by atoms with Crippen molar-refractivity contribution in [2.75, 3.05) is 7.11 Å². The van der Waals surface area contributed by atoms with Crippen LogP contribution in [0.1, 0.15) is 5.56 Å². The average Bonchev–Trinajstić information content (AvgIpc) is 2.81. The number of amidine groups is 1. The highest BCUT2D eigenvalue weighted by Gasteiger charge is 2.24. The molecule has 114 valence electrons. The molecule has 9 heteroatoms. The van der Waals surface area contributed by atoms with Gasteiger partial charge in [-0.3, -0.25) is 10.1 Å². The molecule has 0 spiro atoms. The number of hydrogen-bond donors (Lipinski definition) is 1. The van der Waals surface area contributed by atoms with Gasteiger partial charge in [0.2, 0.25) is 0 Å². The summed E-state index contributed by atoms with van der Waals surface area (Å²) in [5.41, 5.74) is 0.630. The highest BCUT2D eigenvalue weighted by molar-refractivity contribution is 9.10. The third-order valence-corrected chi connectivity index (χ3v) is 4.00. The summed E-state index contributed by atoms with van der Waals surface area (Å²) >= 11 is 4.17. The molecule has 1 aromatic rings. The molecule has 1 aliphatic heterocycles. The average molecular weight is 386 g/mol. The van der Waals surface area contributed by atoms with E-state index in [1.807, 2.05) is 0 Å². The van der Waals surface area contributed by atoms with Gasteiger partial charge in [0.15, 0.2) is 5.17 Å². The van der Waals surface area contributed by atoms with Crippen LogP contribution in [0.5, 0.6) is 0 Å². The first-order chi connectivity index (χ1) is 10.5. The van der Waals surface area contributed by atoms with Crippen molar-refractivity contribution in [3.05, 3.63) is 45.0 Å². The lowest BCUT2D eigenvalue weighted by atomic mass is 10.2. The Morgan fingerprint density at radius 1 is 1.50 bits per heavy atom. The molecule has 0 unspecified atom stereocenters. The van der Waals surface area contributed by atoms with E-state index in [9.17, 15) is 14.0 Å². The van der Waals surface area contributed by atoms with Crippen LogP contribution in [0.4, 0.5) is 4.39 Å². The van der Waals surface area contributed by atoms with Crippen LogP contribution in [0.3, 0.4) is 0 Å². The van der Waals surface area contributed by atoms with Gasteiger partial charge in [0.25, 0.3) is 5.91 Å². The highest BCUT2D eigenvalue weighted by atomic mass is 79.9. The fraction of sp³-hybridized carbons (Fsp3) is 0.0769. The third kappa shape index (κ3) is 4.25. The summed E-state index contributed by atoms with van der Waals surface area (Å²) in [6.45, 7) is 0. The Morgan fingerprint density at radius 2 is 2.27 bits per heavy atom. The van der Waals surface area contributed by atoms with Crippen molar-refractivity contribution in [1.29, 1.82) is 0 Å². The molecule has 2 rings (SSSR count). The Bertz CT molecular complexity index is 718. The fourth-order valence-corrected chi connectivity index (χ4v) is 2.58. The van der Waals surface area contributed by atoms with Crippen LogP contribution in [0, 0.1) is 5.82 Å². The number of benzene rings is 1. The molecule has 1 heterocycles. The SMILES string of the molecule is COC(=O)/C=C1/S/C(=N\N=Cc2ccc(F)cc2Br)NC1=O. The van der Waals surface area contributed by atoms with Gasteiger partial charge >= 0.3 is 5.97 Å². The van der Waals surface area contributed by atoms with Crippen molar-refractivity contribution in [2.24, 2.45) is 10.2 Å². The molecule has 0 aliphatic carbocycles. The topological polar surface area (TPSA) is 80.1 Å². The summed E-state index contributed by atoms with van der Waals surface area (Å²) in [5, 5.41) is 10.3. The van der Waals surface area contributed by atoms with E-state index in [1.165, 1.54) is 31.5 Å². The van der Waals surface area contributed by atoms with Gasteiger partial charge in [-0.2, -0.15) is 5.10 Å². The number of rotatable bonds is 3. The number of hydrogen-bond acceptors (Lipinski definition) is 6. The first-order valence-electron chi connectivity index (χ1n) is 5.84. The molecule has 0 aromatic heterocycles. The van der Waals surface area contributed by atoms with Gasteiger partial charge in [-0.15, -0.1) is 5.10 Å². The second-order valence-electron chi connectivity index (χ2n) is 3.90. The molecule has 1 N–H and O–H groups in total. The van der Waals surface area contributed by atoms with Crippen molar-refractivity contribution in [1.82, 2.24) is 5.32 Å². The lowest BCUT2D eigenvalue weighted by Gasteiger charge is -1.96. The van der Waals surface area contributed by atoms with Gasteiger partial charge in [0.1, 0.15) is 5.82 Å². The normalized spacial score (nSPS) is 18.2. The van der Waals surface area contributed by atoms with Crippen LogP contribution in [0.2, 0.25) is 0 Å². The number of methoxy groups -OCH3 is 1. The number of nitrogens with one attached hydrogen (secondary N) is 1. The van der Waals surface area contributed by atoms with Gasteiger partial charge < -0.3 is 4.74 Å². The van der Waals surface area contributed by atoms with E-state index in [2.05, 4.69) is 36.2 Å². The number of thioether (sulfide) groups is 1. The minimum Gasteiger partial charge on any atom is -0.466 e. The second-order valence-corrected chi connectivity index (χ2v) is 5.79. The van der Waals surface area contributed by atoms with Crippen molar-refractivity contribution < 1.29 is 18.7 Å². The summed E-state index contributed by atoms with van der Waals surface area (Å²) in [5.74, 6) is -1.45. The maximum absolute atomic E-state index is 12.9. The molecule has 6 nitrogen and oxygen atoms in total. The summed E-state index contributed by atoms with van der Waals surface area (Å²) in [6, 6.07) is 4.13. The zero-order valence-electron chi connectivity index (χ0n) is 11.2. The quantitative estimate of drug-likeness (QED) is 0.374. The predicted molar refractivity (Wildman–Crippen MR) is 85.0 cm³/mol. The van der Waals surface area contributed by atoms with Gasteiger partial charge in [-0.25, -0.2) is 9.18 Å². The van der Waals surface area contributed by atoms with E-state index in [-0.39, 0.29) is 15.9 Å². The number of carbonyl (C=O) groups is 2. The van der Waals surface area contributed by atoms with E-state index >= 15 is 0 Å². The van der Waals surface area contributed by atoms with Crippen LogP contribution < -0.4 is 5.32 Å². The largest absolute Gasteiger partial charge is 0.466 e. The van der Waals surface area contributed by atoms with Crippen molar-refractivity contribution in [3.8, 4) is 0 Å². The molecule has 1 saturated heterocycles. The van der Waals surface area contributed by atoms with E-state index in [1.54, 1.807) is 0 Å². The molecule has 0 atom stereocenters. The van der Waals surface area contributed by atoms with E-state index in [0.717, 1.165) is 17.8 Å². The van der Waals surface area contributed by atoms with E-state index < -0.39 is 11.9 Å². The number of carbonyl (C=O) groups excluding carboxylic acids is 2. The van der Waals surface area contributed by atoms with Crippen LogP contribution in [0.15, 0.2) is 43.9 Å². The summed E-state index contributed by atoms with van der Waals surface area (Å²) < 4.78 is 17.9. The molecule has 1 aromatic carbocycles. The zero-order chi connectivity index (χ0) is 16.1. The predicted octanol–water partition coefficient (Wildman–Crippen LogP) is 2.20. The van der Waals surface area contributed by atoms with Gasteiger partial charge in [0.05, 0.1) is 18.2 Å². The maximum atomic E-state index is 12.9. The Balaban J connectivity index is 2.08. The lowest BCUT2D eigenvalue weighted by Crippen LogP contribution is -2.19. The number of esters is 1. The minimum absolute atomic E-state index is 0.170. The smallest absolute Gasteiger partial charge is 0.331 e. The fourth-order valence-electron chi connectivity index (χ4n) is 1.39. The van der Waals surface area contributed by atoms with Crippen molar-refractivity contribution in [2.45, 2.75) is 0 Å². The van der Waals surface area contributed by atoms with Gasteiger partial charge in [0, 0.05) is 16.1 Å². The second kappa shape index (κ2) is 7.32.